The van der Waals surface area contributed by atoms with Gasteiger partial charge in [-0.15, -0.1) is 0 Å². The first-order valence-electron chi connectivity index (χ1n) is 8.41. The van der Waals surface area contributed by atoms with Gasteiger partial charge in [0, 0.05) is 31.9 Å². The Morgan fingerprint density at radius 1 is 1.20 bits per heavy atom. The molecule has 1 heterocycles. The molecule has 140 valence electrons. The molecule has 1 N–H and O–H groups in total. The zero-order valence-corrected chi connectivity index (χ0v) is 15.0. The molecule has 0 aromatic heterocycles. The lowest BCUT2D eigenvalue weighted by Crippen LogP contribution is -2.48. The average molecular weight is 378 g/mol. The van der Waals surface area contributed by atoms with E-state index in [9.17, 15) is 18.0 Å². The number of hydrogen-bond donors (Lipinski definition) is 1. The lowest BCUT2D eigenvalue weighted by molar-refractivity contribution is -0.137. The van der Waals surface area contributed by atoms with Gasteiger partial charge in [0.15, 0.2) is 0 Å². The number of nitrogens with one attached hydrogen (secondary N) is 1. The molecule has 1 fully saturated rings. The minimum Gasteiger partial charge on any atom is -0.325 e. The first-order valence-corrected chi connectivity index (χ1v) is 8.78. The third kappa shape index (κ3) is 6.17. The van der Waals surface area contributed by atoms with E-state index in [0.717, 1.165) is 51.3 Å². The standard InChI is InChI=1S/C17H23ClF3N3O/c1-2-3-6-23-7-9-24(10-8-23)12-16(25)22-13-4-5-15(18)14(11-13)17(19,20)21/h4-5,11H,2-3,6-10,12H2,1H3,(H,22,25). The van der Waals surface area contributed by atoms with Crippen molar-refractivity contribution in [3.05, 3.63) is 28.8 Å². The van der Waals surface area contributed by atoms with Crippen LogP contribution in [0.5, 0.6) is 0 Å². The molecule has 1 saturated heterocycles. The highest BCUT2D eigenvalue weighted by molar-refractivity contribution is 6.31. The van der Waals surface area contributed by atoms with Crippen molar-refractivity contribution in [3.8, 4) is 0 Å². The molecule has 0 bridgehead atoms. The Balaban J connectivity index is 1.85. The van der Waals surface area contributed by atoms with Gasteiger partial charge >= 0.3 is 6.18 Å². The molecular formula is C17H23ClF3N3O. The molecule has 1 amide bonds. The van der Waals surface area contributed by atoms with Crippen LogP contribution in [0.1, 0.15) is 25.3 Å². The number of carbonyl (C=O) groups is 1. The van der Waals surface area contributed by atoms with Crippen LogP contribution in [0.15, 0.2) is 18.2 Å². The van der Waals surface area contributed by atoms with E-state index in [1.807, 2.05) is 4.90 Å². The second-order valence-corrected chi connectivity index (χ2v) is 6.62. The van der Waals surface area contributed by atoms with Crippen molar-refractivity contribution in [1.82, 2.24) is 9.80 Å². The van der Waals surface area contributed by atoms with Gasteiger partial charge in [-0.1, -0.05) is 24.9 Å². The predicted octanol–water partition coefficient (Wildman–Crippen LogP) is 3.72. The average Bonchev–Trinajstić information content (AvgIpc) is 2.55. The lowest BCUT2D eigenvalue weighted by Gasteiger charge is -2.34. The van der Waals surface area contributed by atoms with E-state index in [4.69, 9.17) is 11.6 Å². The van der Waals surface area contributed by atoms with Gasteiger partial charge in [0.05, 0.1) is 17.1 Å². The Hall–Kier alpha value is -1.31. The number of carbonyl (C=O) groups excluding carboxylic acids is 1. The minimum absolute atomic E-state index is 0.100. The fourth-order valence-corrected chi connectivity index (χ4v) is 3.00. The number of alkyl halides is 3. The van der Waals surface area contributed by atoms with Crippen LogP contribution < -0.4 is 5.32 Å². The molecule has 0 unspecified atom stereocenters. The van der Waals surface area contributed by atoms with Crippen molar-refractivity contribution < 1.29 is 18.0 Å². The van der Waals surface area contributed by atoms with Gasteiger partial charge < -0.3 is 10.2 Å². The van der Waals surface area contributed by atoms with E-state index < -0.39 is 11.7 Å². The largest absolute Gasteiger partial charge is 0.417 e. The molecule has 0 saturated carbocycles. The molecule has 0 spiro atoms. The maximum absolute atomic E-state index is 12.9. The van der Waals surface area contributed by atoms with Crippen LogP contribution in [-0.4, -0.2) is 55.0 Å². The topological polar surface area (TPSA) is 35.6 Å². The summed E-state index contributed by atoms with van der Waals surface area (Å²) < 4.78 is 38.6. The molecule has 4 nitrogen and oxygen atoms in total. The van der Waals surface area contributed by atoms with Gasteiger partial charge in [-0.3, -0.25) is 9.69 Å². The number of anilines is 1. The van der Waals surface area contributed by atoms with Crippen molar-refractivity contribution in [2.75, 3.05) is 44.6 Å². The minimum atomic E-state index is -4.55. The maximum atomic E-state index is 12.9. The van der Waals surface area contributed by atoms with E-state index in [1.54, 1.807) is 0 Å². The Labute approximate surface area is 150 Å². The number of nitrogens with zero attached hydrogens (tertiary/aromatic N) is 2. The van der Waals surface area contributed by atoms with E-state index in [2.05, 4.69) is 17.1 Å². The van der Waals surface area contributed by atoms with E-state index in [-0.39, 0.29) is 23.2 Å². The van der Waals surface area contributed by atoms with Gasteiger partial charge in [-0.2, -0.15) is 13.2 Å². The van der Waals surface area contributed by atoms with Crippen molar-refractivity contribution in [2.24, 2.45) is 0 Å². The van der Waals surface area contributed by atoms with E-state index in [0.29, 0.717) is 0 Å². The molecule has 0 aliphatic carbocycles. The zero-order valence-electron chi connectivity index (χ0n) is 14.2. The van der Waals surface area contributed by atoms with Crippen molar-refractivity contribution in [3.63, 3.8) is 0 Å². The Kier molecular flexibility index (Phi) is 7.10. The van der Waals surface area contributed by atoms with Crippen LogP contribution in [0.25, 0.3) is 0 Å². The highest BCUT2D eigenvalue weighted by Crippen LogP contribution is 2.36. The summed E-state index contributed by atoms with van der Waals surface area (Å²) in [5.74, 6) is -0.322. The zero-order chi connectivity index (χ0) is 18.4. The monoisotopic (exact) mass is 377 g/mol. The van der Waals surface area contributed by atoms with Crippen molar-refractivity contribution in [2.45, 2.75) is 25.9 Å². The quantitative estimate of drug-likeness (QED) is 0.820. The van der Waals surface area contributed by atoms with Crippen molar-refractivity contribution >= 4 is 23.2 Å². The SMILES string of the molecule is CCCCN1CCN(CC(=O)Nc2ccc(Cl)c(C(F)(F)F)c2)CC1. The fraction of sp³-hybridized carbons (Fsp3) is 0.588. The Morgan fingerprint density at radius 2 is 1.84 bits per heavy atom. The van der Waals surface area contributed by atoms with Crippen LogP contribution in [-0.2, 0) is 11.0 Å². The molecule has 1 aromatic rings. The summed E-state index contributed by atoms with van der Waals surface area (Å²) in [6, 6.07) is 3.38. The maximum Gasteiger partial charge on any atom is 0.417 e. The summed E-state index contributed by atoms with van der Waals surface area (Å²) in [6.07, 6.45) is -2.23. The lowest BCUT2D eigenvalue weighted by atomic mass is 10.2. The van der Waals surface area contributed by atoms with Gasteiger partial charge in [-0.05, 0) is 31.2 Å². The number of unbranched alkanes of at least 4 members (excludes halogenated alkanes) is 1. The number of rotatable bonds is 6. The summed E-state index contributed by atoms with van der Waals surface area (Å²) in [4.78, 5) is 16.5. The highest BCUT2D eigenvalue weighted by Gasteiger charge is 2.33. The number of hydrogen-bond acceptors (Lipinski definition) is 3. The molecule has 1 aliphatic rings. The predicted molar refractivity (Wildman–Crippen MR) is 92.9 cm³/mol. The summed E-state index contributed by atoms with van der Waals surface area (Å²) in [7, 11) is 0. The van der Waals surface area contributed by atoms with Gasteiger partial charge in [0.1, 0.15) is 0 Å². The van der Waals surface area contributed by atoms with E-state index >= 15 is 0 Å². The summed E-state index contributed by atoms with van der Waals surface area (Å²) in [6.45, 7) is 6.78. The van der Waals surface area contributed by atoms with Gasteiger partial charge in [0.25, 0.3) is 0 Å². The normalized spacial score (nSPS) is 16.8. The summed E-state index contributed by atoms with van der Waals surface area (Å²) >= 11 is 5.58. The van der Waals surface area contributed by atoms with Gasteiger partial charge in [0.2, 0.25) is 5.91 Å². The van der Waals surface area contributed by atoms with Crippen LogP contribution >= 0.6 is 11.6 Å². The molecular weight excluding hydrogens is 355 g/mol. The number of amides is 1. The second kappa shape index (κ2) is 8.87. The summed E-state index contributed by atoms with van der Waals surface area (Å²) in [5.41, 5.74) is -0.847. The molecule has 0 radical (unpaired) electrons. The second-order valence-electron chi connectivity index (χ2n) is 6.21. The van der Waals surface area contributed by atoms with E-state index in [1.165, 1.54) is 12.5 Å². The summed E-state index contributed by atoms with van der Waals surface area (Å²) in [5, 5.41) is 2.14. The van der Waals surface area contributed by atoms with Crippen LogP contribution in [0.4, 0.5) is 18.9 Å². The van der Waals surface area contributed by atoms with Gasteiger partial charge in [-0.25, -0.2) is 0 Å². The van der Waals surface area contributed by atoms with Crippen LogP contribution in [0.3, 0.4) is 0 Å². The molecule has 1 aliphatic heterocycles. The number of piperazine rings is 1. The molecule has 25 heavy (non-hydrogen) atoms. The molecule has 8 heteroatoms. The third-order valence-electron chi connectivity index (χ3n) is 4.22. The smallest absolute Gasteiger partial charge is 0.325 e. The number of halogens is 4. The molecule has 0 atom stereocenters. The Morgan fingerprint density at radius 3 is 2.44 bits per heavy atom. The first kappa shape index (κ1) is 20.0. The number of benzene rings is 1. The molecule has 1 aromatic carbocycles. The fourth-order valence-electron chi connectivity index (χ4n) is 2.78. The van der Waals surface area contributed by atoms with Crippen LogP contribution in [0.2, 0.25) is 5.02 Å². The van der Waals surface area contributed by atoms with Crippen molar-refractivity contribution in [1.29, 1.82) is 0 Å². The third-order valence-corrected chi connectivity index (χ3v) is 4.55. The first-order chi connectivity index (χ1) is 11.8. The highest BCUT2D eigenvalue weighted by atomic mass is 35.5. The molecule has 2 rings (SSSR count). The Bertz CT molecular complexity index is 587. The van der Waals surface area contributed by atoms with Crippen LogP contribution in [0, 0.1) is 0 Å².